The number of phenolic OH excluding ortho intramolecular Hbond substituents is 1. The van der Waals surface area contributed by atoms with Crippen molar-refractivity contribution >= 4 is 47.8 Å². The standard InChI is InChI=1S/C16H11Br2NO4S/c1-23-15-7-10(2-5-14(15)20)6-12(9-19)24(21,22)16-8-11(17)3-4-13(16)18/h2-8,20H,1H3. The minimum Gasteiger partial charge on any atom is -0.504 e. The highest BCUT2D eigenvalue weighted by atomic mass is 79.9. The number of aromatic hydroxyl groups is 1. The van der Waals surface area contributed by atoms with Gasteiger partial charge in [0.2, 0.25) is 9.84 Å². The summed E-state index contributed by atoms with van der Waals surface area (Å²) in [5.74, 6) is 0.104. The van der Waals surface area contributed by atoms with Crippen LogP contribution in [0.3, 0.4) is 0 Å². The minimum absolute atomic E-state index is 0.0181. The predicted octanol–water partition coefficient (Wildman–Crippen LogP) is 4.26. The summed E-state index contributed by atoms with van der Waals surface area (Å²) in [5, 5.41) is 18.9. The Hall–Kier alpha value is -1.82. The summed E-state index contributed by atoms with van der Waals surface area (Å²) in [5.41, 5.74) is 0.413. The maximum Gasteiger partial charge on any atom is 0.217 e. The van der Waals surface area contributed by atoms with Crippen LogP contribution in [0.25, 0.3) is 6.08 Å². The average molecular weight is 473 g/mol. The lowest BCUT2D eigenvalue weighted by Gasteiger charge is -2.07. The van der Waals surface area contributed by atoms with E-state index in [-0.39, 0.29) is 16.4 Å². The van der Waals surface area contributed by atoms with Gasteiger partial charge in [-0.1, -0.05) is 22.0 Å². The Bertz CT molecular complexity index is 963. The van der Waals surface area contributed by atoms with E-state index in [2.05, 4.69) is 31.9 Å². The van der Waals surface area contributed by atoms with E-state index in [0.29, 0.717) is 14.5 Å². The first-order valence-corrected chi connectivity index (χ1v) is 9.55. The zero-order valence-electron chi connectivity index (χ0n) is 12.3. The van der Waals surface area contributed by atoms with Crippen molar-refractivity contribution in [2.45, 2.75) is 4.90 Å². The minimum atomic E-state index is -4.01. The molecule has 124 valence electrons. The van der Waals surface area contributed by atoms with Crippen molar-refractivity contribution in [1.29, 1.82) is 5.26 Å². The monoisotopic (exact) mass is 471 g/mol. The number of nitriles is 1. The number of benzene rings is 2. The Labute approximate surface area is 156 Å². The first kappa shape index (κ1) is 18.5. The molecule has 0 unspecified atom stereocenters. The van der Waals surface area contributed by atoms with E-state index in [9.17, 15) is 18.8 Å². The normalized spacial score (nSPS) is 11.8. The van der Waals surface area contributed by atoms with E-state index in [4.69, 9.17) is 4.74 Å². The molecule has 0 saturated carbocycles. The molecule has 0 bridgehead atoms. The number of nitrogens with zero attached hydrogens (tertiary/aromatic N) is 1. The molecule has 5 nitrogen and oxygen atoms in total. The second-order valence-corrected chi connectivity index (χ2v) is 8.29. The van der Waals surface area contributed by atoms with Crippen LogP contribution < -0.4 is 4.74 Å². The molecule has 0 aliphatic heterocycles. The fourth-order valence-corrected chi connectivity index (χ4v) is 4.56. The summed E-state index contributed by atoms with van der Waals surface area (Å²) in [6, 6.07) is 10.7. The SMILES string of the molecule is COc1cc(C=C(C#N)S(=O)(=O)c2cc(Br)ccc2Br)ccc1O. The van der Waals surface area contributed by atoms with Crippen LogP contribution in [0.1, 0.15) is 5.56 Å². The van der Waals surface area contributed by atoms with Crippen LogP contribution in [0.5, 0.6) is 11.5 Å². The summed E-state index contributed by atoms with van der Waals surface area (Å²) in [6.45, 7) is 0. The quantitative estimate of drug-likeness (QED) is 0.671. The number of rotatable bonds is 4. The molecule has 2 rings (SSSR count). The van der Waals surface area contributed by atoms with E-state index >= 15 is 0 Å². The average Bonchev–Trinajstić information content (AvgIpc) is 2.55. The van der Waals surface area contributed by atoms with E-state index in [1.807, 2.05) is 0 Å². The summed E-state index contributed by atoms with van der Waals surface area (Å²) in [4.78, 5) is -0.440. The van der Waals surface area contributed by atoms with Crippen molar-refractivity contribution in [3.8, 4) is 17.6 Å². The Morgan fingerprint density at radius 3 is 2.58 bits per heavy atom. The second-order valence-electron chi connectivity index (χ2n) is 4.63. The number of ether oxygens (including phenoxy) is 1. The van der Waals surface area contributed by atoms with Crippen molar-refractivity contribution in [2.24, 2.45) is 0 Å². The molecule has 24 heavy (non-hydrogen) atoms. The van der Waals surface area contributed by atoms with Gasteiger partial charge in [0.15, 0.2) is 11.5 Å². The molecule has 0 saturated heterocycles. The number of sulfone groups is 1. The van der Waals surface area contributed by atoms with Crippen molar-refractivity contribution in [3.05, 3.63) is 55.8 Å². The van der Waals surface area contributed by atoms with Crippen LogP contribution in [-0.4, -0.2) is 20.6 Å². The summed E-state index contributed by atoms with van der Waals surface area (Å²) in [6.07, 6.45) is 1.23. The molecule has 0 spiro atoms. The number of allylic oxidation sites excluding steroid dienone is 1. The Kier molecular flexibility index (Phi) is 5.70. The molecule has 2 aromatic rings. The van der Waals surface area contributed by atoms with Gasteiger partial charge in [0.25, 0.3) is 0 Å². The summed E-state index contributed by atoms with van der Waals surface area (Å²) < 4.78 is 31.4. The molecule has 8 heteroatoms. The van der Waals surface area contributed by atoms with Crippen LogP contribution >= 0.6 is 31.9 Å². The van der Waals surface area contributed by atoms with Crippen molar-refractivity contribution in [2.75, 3.05) is 7.11 Å². The van der Waals surface area contributed by atoms with E-state index in [0.717, 1.165) is 0 Å². The molecule has 1 N–H and O–H groups in total. The van der Waals surface area contributed by atoms with Gasteiger partial charge >= 0.3 is 0 Å². The van der Waals surface area contributed by atoms with Gasteiger partial charge in [-0.05, 0) is 57.9 Å². The fourth-order valence-electron chi connectivity index (χ4n) is 1.91. The molecular weight excluding hydrogens is 462 g/mol. The largest absolute Gasteiger partial charge is 0.504 e. The molecule has 0 heterocycles. The first-order valence-electron chi connectivity index (χ1n) is 6.48. The van der Waals surface area contributed by atoms with Crippen LogP contribution in [0.4, 0.5) is 0 Å². The highest BCUT2D eigenvalue weighted by Crippen LogP contribution is 2.32. The molecular formula is C16H11Br2NO4S. The number of halogens is 2. The van der Waals surface area contributed by atoms with Crippen molar-refractivity contribution in [1.82, 2.24) is 0 Å². The highest BCUT2D eigenvalue weighted by molar-refractivity contribution is 9.11. The third-order valence-electron chi connectivity index (χ3n) is 3.08. The van der Waals surface area contributed by atoms with E-state index < -0.39 is 14.7 Å². The number of phenols is 1. The van der Waals surface area contributed by atoms with E-state index in [1.165, 1.54) is 37.5 Å². The van der Waals surface area contributed by atoms with Gasteiger partial charge in [-0.2, -0.15) is 5.26 Å². The fraction of sp³-hybridized carbons (Fsp3) is 0.0625. The smallest absolute Gasteiger partial charge is 0.217 e. The molecule has 0 aliphatic carbocycles. The van der Waals surface area contributed by atoms with Crippen LogP contribution in [0.15, 0.2) is 55.1 Å². The van der Waals surface area contributed by atoms with Gasteiger partial charge in [-0.15, -0.1) is 0 Å². The van der Waals surface area contributed by atoms with Gasteiger partial charge < -0.3 is 9.84 Å². The van der Waals surface area contributed by atoms with Gasteiger partial charge in [-0.3, -0.25) is 0 Å². The number of methoxy groups -OCH3 is 1. The molecule has 2 aromatic carbocycles. The Morgan fingerprint density at radius 2 is 1.96 bits per heavy atom. The van der Waals surface area contributed by atoms with Crippen LogP contribution in [0.2, 0.25) is 0 Å². The van der Waals surface area contributed by atoms with Gasteiger partial charge in [0.1, 0.15) is 11.0 Å². The van der Waals surface area contributed by atoms with Crippen molar-refractivity contribution in [3.63, 3.8) is 0 Å². The molecule has 0 aromatic heterocycles. The molecule has 0 radical (unpaired) electrons. The zero-order chi connectivity index (χ0) is 17.9. The third-order valence-corrected chi connectivity index (χ3v) is 6.24. The molecule has 0 amide bonds. The van der Waals surface area contributed by atoms with Crippen LogP contribution in [0, 0.1) is 11.3 Å². The number of hydrogen-bond acceptors (Lipinski definition) is 5. The van der Waals surface area contributed by atoms with Gasteiger partial charge in [0, 0.05) is 8.95 Å². The topological polar surface area (TPSA) is 87.4 Å². The Balaban J connectivity index is 2.59. The van der Waals surface area contributed by atoms with E-state index in [1.54, 1.807) is 18.2 Å². The second kappa shape index (κ2) is 7.38. The lowest BCUT2D eigenvalue weighted by Crippen LogP contribution is -2.04. The lowest BCUT2D eigenvalue weighted by atomic mass is 10.2. The van der Waals surface area contributed by atoms with Gasteiger partial charge in [-0.25, -0.2) is 8.42 Å². The van der Waals surface area contributed by atoms with Crippen LogP contribution in [-0.2, 0) is 9.84 Å². The number of hydrogen-bond donors (Lipinski definition) is 1. The molecule has 0 aliphatic rings. The summed E-state index contributed by atoms with van der Waals surface area (Å²) >= 11 is 6.41. The van der Waals surface area contributed by atoms with Crippen molar-refractivity contribution < 1.29 is 18.3 Å². The first-order chi connectivity index (χ1) is 11.3. The molecule has 0 atom stereocenters. The van der Waals surface area contributed by atoms with Gasteiger partial charge in [0.05, 0.1) is 12.0 Å². The zero-order valence-corrected chi connectivity index (χ0v) is 16.3. The Morgan fingerprint density at radius 1 is 1.25 bits per heavy atom. The summed E-state index contributed by atoms with van der Waals surface area (Å²) in [7, 11) is -2.63. The predicted molar refractivity (Wildman–Crippen MR) is 97.3 cm³/mol. The third kappa shape index (κ3) is 3.80. The molecule has 0 fully saturated rings. The maximum absolute atomic E-state index is 12.7. The maximum atomic E-state index is 12.7. The lowest BCUT2D eigenvalue weighted by molar-refractivity contribution is 0.373. The highest BCUT2D eigenvalue weighted by Gasteiger charge is 2.24.